The van der Waals surface area contributed by atoms with Crippen molar-refractivity contribution in [3.63, 3.8) is 0 Å². The summed E-state index contributed by atoms with van der Waals surface area (Å²) in [6, 6.07) is 6.04. The smallest absolute Gasteiger partial charge is 0.429 e. The van der Waals surface area contributed by atoms with Gasteiger partial charge < -0.3 is 10.0 Å². The van der Waals surface area contributed by atoms with Gasteiger partial charge in [-0.05, 0) is 29.3 Å². The second-order valence-electron chi connectivity index (χ2n) is 1.84. The fraction of sp³-hybridized carbons (Fsp3) is 0. The molecule has 2 aliphatic rings. The first-order valence-electron chi connectivity index (χ1n) is 2.69. The summed E-state index contributed by atoms with van der Waals surface area (Å²) in [5.74, 6) is 0. The van der Waals surface area contributed by atoms with Gasteiger partial charge in [-0.2, -0.15) is 0 Å². The first kappa shape index (κ1) is 7.60. The third kappa shape index (κ3) is 1.74. The lowest BCUT2D eigenvalue weighted by atomic mass is 10.5. The molecule has 0 aromatic heterocycles. The van der Waals surface area contributed by atoms with E-state index in [4.69, 9.17) is 21.6 Å². The Bertz CT molecular complexity index is 219. The van der Waals surface area contributed by atoms with Gasteiger partial charge in [-0.1, -0.05) is 11.6 Å². The van der Waals surface area contributed by atoms with Crippen molar-refractivity contribution in [1.29, 1.82) is 0 Å². The van der Waals surface area contributed by atoms with Crippen molar-refractivity contribution < 1.29 is 10.0 Å². The van der Waals surface area contributed by atoms with Crippen LogP contribution in [0.25, 0.3) is 11.1 Å². The molecule has 0 spiro atoms. The first-order chi connectivity index (χ1) is 4.77. The molecule has 2 N–H and O–H groups in total. The van der Waals surface area contributed by atoms with E-state index < -0.39 is 0 Å². The van der Waals surface area contributed by atoms with E-state index in [1.165, 1.54) is 11.1 Å². The maximum Gasteiger partial charge on any atom is 0.482 e. The van der Waals surface area contributed by atoms with Crippen LogP contribution >= 0.6 is 11.6 Å². The average molecular weight is 155 g/mol. The van der Waals surface area contributed by atoms with Crippen LogP contribution < -0.4 is 0 Å². The molecule has 51 valence electrons. The van der Waals surface area contributed by atoms with Gasteiger partial charge >= 0.3 is 7.69 Å². The molecule has 2 aliphatic carbocycles. The molecule has 0 saturated carbocycles. The Morgan fingerprint density at radius 3 is 1.70 bits per heavy atom. The zero-order valence-corrected chi connectivity index (χ0v) is 5.84. The minimum Gasteiger partial charge on any atom is -0.429 e. The number of hydrogen-bond acceptors (Lipinski definition) is 2. The molecule has 0 fully saturated rings. The Morgan fingerprint density at radius 2 is 1.50 bits per heavy atom. The van der Waals surface area contributed by atoms with E-state index in [0.29, 0.717) is 0 Å². The van der Waals surface area contributed by atoms with Crippen LogP contribution in [-0.4, -0.2) is 17.7 Å². The SMILES string of the molecule is Clc1cc2cc-2c1.O[B]O. The lowest BCUT2D eigenvalue weighted by molar-refractivity contribution is 0.448. The molecule has 0 aromatic rings. The standard InChI is InChI=1S/C6H3Cl.BH2O2/c7-6-2-4-1-5(4)3-6;2-1-3/h1-3H;2-3H. The van der Waals surface area contributed by atoms with Crippen LogP contribution in [0.5, 0.6) is 0 Å². The molecule has 0 aromatic carbocycles. The maximum absolute atomic E-state index is 7.00. The highest BCUT2D eigenvalue weighted by molar-refractivity contribution is 6.32. The van der Waals surface area contributed by atoms with Crippen LogP contribution in [0.15, 0.2) is 18.2 Å². The van der Waals surface area contributed by atoms with Crippen LogP contribution in [0.1, 0.15) is 0 Å². The van der Waals surface area contributed by atoms with Gasteiger partial charge in [-0.3, -0.25) is 0 Å². The average Bonchev–Trinajstić information content (AvgIpc) is 2.42. The molecule has 4 heteroatoms. The third-order valence-electron chi connectivity index (χ3n) is 1.15. The van der Waals surface area contributed by atoms with Crippen molar-refractivity contribution in [2.75, 3.05) is 0 Å². The highest BCUT2D eigenvalue weighted by Crippen LogP contribution is 2.37. The third-order valence-corrected chi connectivity index (χ3v) is 1.37. The van der Waals surface area contributed by atoms with E-state index in [0.717, 1.165) is 5.02 Å². The molecule has 0 unspecified atom stereocenters. The highest BCUT2D eigenvalue weighted by atomic mass is 35.5. The van der Waals surface area contributed by atoms with Gasteiger partial charge in [0.2, 0.25) is 0 Å². The maximum atomic E-state index is 7.00. The van der Waals surface area contributed by atoms with Crippen molar-refractivity contribution in [2.45, 2.75) is 0 Å². The lowest BCUT2D eigenvalue weighted by Gasteiger charge is -1.66. The van der Waals surface area contributed by atoms with Gasteiger partial charge in [0.05, 0.1) is 0 Å². The molecule has 0 aliphatic heterocycles. The second kappa shape index (κ2) is 3.06. The first-order valence-corrected chi connectivity index (χ1v) is 3.07. The van der Waals surface area contributed by atoms with E-state index in [9.17, 15) is 0 Å². The minimum absolute atomic E-state index is 0. The summed E-state index contributed by atoms with van der Waals surface area (Å²) in [4.78, 5) is 0. The molecule has 0 atom stereocenters. The van der Waals surface area contributed by atoms with E-state index >= 15 is 0 Å². The predicted octanol–water partition coefficient (Wildman–Crippen LogP) is 0.826. The Labute approximate surface area is 64.4 Å². The second-order valence-corrected chi connectivity index (χ2v) is 2.28. The number of hydrogen-bond donors (Lipinski definition) is 2. The van der Waals surface area contributed by atoms with Gasteiger partial charge in [-0.15, -0.1) is 0 Å². The zero-order chi connectivity index (χ0) is 7.56. The van der Waals surface area contributed by atoms with Gasteiger partial charge in [0.1, 0.15) is 0 Å². The van der Waals surface area contributed by atoms with E-state index in [-0.39, 0.29) is 7.69 Å². The number of fused-ring (bicyclic) bond motifs is 1. The van der Waals surface area contributed by atoms with E-state index in [2.05, 4.69) is 6.07 Å². The molecule has 0 bridgehead atoms. The Morgan fingerprint density at radius 1 is 1.10 bits per heavy atom. The molecule has 0 amide bonds. The normalized spacial score (nSPS) is 9.50. The van der Waals surface area contributed by atoms with E-state index in [1.54, 1.807) is 0 Å². The summed E-state index contributed by atoms with van der Waals surface area (Å²) >= 11 is 5.58. The molecule has 2 nitrogen and oxygen atoms in total. The largest absolute Gasteiger partial charge is 0.482 e. The van der Waals surface area contributed by atoms with E-state index in [1.807, 2.05) is 12.1 Å². The van der Waals surface area contributed by atoms with Gasteiger partial charge in [0.25, 0.3) is 0 Å². The summed E-state index contributed by atoms with van der Waals surface area (Å²) in [7, 11) is 0. The number of benzene rings is 1. The molecular formula is C6H5BClO2. The van der Waals surface area contributed by atoms with Gasteiger partial charge in [0, 0.05) is 5.02 Å². The summed E-state index contributed by atoms with van der Waals surface area (Å²) in [5.41, 5.74) is 2.62. The summed E-state index contributed by atoms with van der Waals surface area (Å²) in [5, 5.41) is 14.9. The van der Waals surface area contributed by atoms with Crippen LogP contribution in [0.3, 0.4) is 0 Å². The highest BCUT2D eigenvalue weighted by Gasteiger charge is 2.11. The Balaban J connectivity index is 0.000000148. The zero-order valence-electron chi connectivity index (χ0n) is 5.08. The summed E-state index contributed by atoms with van der Waals surface area (Å²) in [6.07, 6.45) is 0. The van der Waals surface area contributed by atoms with Crippen LogP contribution in [-0.2, 0) is 0 Å². The quantitative estimate of drug-likeness (QED) is 0.553. The molecule has 0 saturated heterocycles. The summed E-state index contributed by atoms with van der Waals surface area (Å²) in [6.45, 7) is 0. The summed E-state index contributed by atoms with van der Waals surface area (Å²) < 4.78 is 0. The van der Waals surface area contributed by atoms with Crippen LogP contribution in [0.2, 0.25) is 5.02 Å². The van der Waals surface area contributed by atoms with Crippen molar-refractivity contribution >= 4 is 19.3 Å². The van der Waals surface area contributed by atoms with Crippen molar-refractivity contribution in [1.82, 2.24) is 0 Å². The van der Waals surface area contributed by atoms with Gasteiger partial charge in [0.15, 0.2) is 0 Å². The lowest BCUT2D eigenvalue weighted by Crippen LogP contribution is -1.75. The Hall–Kier alpha value is -0.505. The van der Waals surface area contributed by atoms with Crippen LogP contribution in [0.4, 0.5) is 0 Å². The van der Waals surface area contributed by atoms with Gasteiger partial charge in [-0.25, -0.2) is 0 Å². The molecule has 1 radical (unpaired) electrons. The fourth-order valence-corrected chi connectivity index (χ4v) is 0.955. The minimum atomic E-state index is 0. The van der Waals surface area contributed by atoms with Crippen molar-refractivity contribution in [3.05, 3.63) is 23.2 Å². The number of rotatable bonds is 0. The van der Waals surface area contributed by atoms with Crippen molar-refractivity contribution in [3.8, 4) is 11.1 Å². The van der Waals surface area contributed by atoms with Crippen LogP contribution in [0, 0.1) is 0 Å². The monoisotopic (exact) mass is 155 g/mol. The Kier molecular flexibility index (Phi) is 2.32. The predicted molar refractivity (Wildman–Crippen MR) is 40.6 cm³/mol. The molecular weight excluding hydrogens is 150 g/mol. The molecule has 10 heavy (non-hydrogen) atoms. The number of halogens is 1. The van der Waals surface area contributed by atoms with Crippen molar-refractivity contribution in [2.24, 2.45) is 0 Å². The molecule has 0 heterocycles. The fourth-order valence-electron chi connectivity index (χ4n) is 0.720. The molecule has 2 rings (SSSR count). The topological polar surface area (TPSA) is 40.5 Å².